The SMILES string of the molecule is CCCC=C=C(F)F. The van der Waals surface area contributed by atoms with Crippen LogP contribution < -0.4 is 0 Å². The number of rotatable bonds is 2. The third kappa shape index (κ3) is 5.38. The van der Waals surface area contributed by atoms with Crippen LogP contribution in [0.15, 0.2) is 17.9 Å². The fraction of sp³-hybridized carbons (Fsp3) is 0.500. The number of hydrogen-bond acceptors (Lipinski definition) is 0. The van der Waals surface area contributed by atoms with Crippen molar-refractivity contribution in [2.75, 3.05) is 0 Å². The second-order valence-corrected chi connectivity index (χ2v) is 1.40. The van der Waals surface area contributed by atoms with Crippen molar-refractivity contribution in [1.82, 2.24) is 0 Å². The van der Waals surface area contributed by atoms with E-state index in [1.54, 1.807) is 5.73 Å². The van der Waals surface area contributed by atoms with Gasteiger partial charge in [0.2, 0.25) is 0 Å². The van der Waals surface area contributed by atoms with E-state index in [2.05, 4.69) is 0 Å². The van der Waals surface area contributed by atoms with E-state index in [1.165, 1.54) is 6.08 Å². The quantitative estimate of drug-likeness (QED) is 0.489. The fourth-order valence-electron chi connectivity index (χ4n) is 0.294. The van der Waals surface area contributed by atoms with E-state index in [9.17, 15) is 8.78 Å². The van der Waals surface area contributed by atoms with Gasteiger partial charge in [0, 0.05) is 0 Å². The van der Waals surface area contributed by atoms with Crippen LogP contribution in [0.25, 0.3) is 0 Å². The Morgan fingerprint density at radius 3 is 2.62 bits per heavy atom. The standard InChI is InChI=1S/C6H8F2/c1-2-3-4-5-6(7)8/h4H,2-3H2,1H3. The van der Waals surface area contributed by atoms with Crippen molar-refractivity contribution in [3.8, 4) is 0 Å². The maximum atomic E-state index is 11.1. The molecule has 0 radical (unpaired) electrons. The van der Waals surface area contributed by atoms with E-state index < -0.39 is 6.08 Å². The van der Waals surface area contributed by atoms with E-state index in [0.29, 0.717) is 6.42 Å². The molecule has 0 rings (SSSR count). The molecule has 0 atom stereocenters. The first-order valence-electron chi connectivity index (χ1n) is 2.53. The predicted molar refractivity (Wildman–Crippen MR) is 28.7 cm³/mol. The summed E-state index contributed by atoms with van der Waals surface area (Å²) in [4.78, 5) is 0. The minimum atomic E-state index is -1.74. The Hall–Kier alpha value is -0.620. The van der Waals surface area contributed by atoms with E-state index in [4.69, 9.17) is 0 Å². The molecule has 0 aromatic rings. The van der Waals surface area contributed by atoms with Gasteiger partial charge in [-0.05, 0) is 12.5 Å². The lowest BCUT2D eigenvalue weighted by Crippen LogP contribution is -1.56. The summed E-state index contributed by atoms with van der Waals surface area (Å²) >= 11 is 0. The average molecular weight is 118 g/mol. The van der Waals surface area contributed by atoms with Crippen molar-refractivity contribution in [2.24, 2.45) is 0 Å². The highest BCUT2D eigenvalue weighted by atomic mass is 19.3. The summed E-state index contributed by atoms with van der Waals surface area (Å²) in [5.41, 5.74) is 1.80. The molecule has 0 unspecified atom stereocenters. The second-order valence-electron chi connectivity index (χ2n) is 1.40. The summed E-state index contributed by atoms with van der Waals surface area (Å²) < 4.78 is 22.3. The van der Waals surface area contributed by atoms with E-state index >= 15 is 0 Å². The summed E-state index contributed by atoms with van der Waals surface area (Å²) in [6.45, 7) is 1.92. The van der Waals surface area contributed by atoms with Crippen LogP contribution in [0.1, 0.15) is 19.8 Å². The fourth-order valence-corrected chi connectivity index (χ4v) is 0.294. The monoisotopic (exact) mass is 118 g/mol. The van der Waals surface area contributed by atoms with Crippen molar-refractivity contribution >= 4 is 0 Å². The van der Waals surface area contributed by atoms with Gasteiger partial charge >= 0.3 is 6.08 Å². The molecule has 0 aromatic carbocycles. The van der Waals surface area contributed by atoms with Crippen LogP contribution in [0, 0.1) is 0 Å². The van der Waals surface area contributed by atoms with E-state index in [1.807, 2.05) is 6.92 Å². The lowest BCUT2D eigenvalue weighted by molar-refractivity contribution is 0.423. The average Bonchev–Trinajstić information content (AvgIpc) is 1.66. The van der Waals surface area contributed by atoms with Crippen molar-refractivity contribution < 1.29 is 8.78 Å². The Balaban J connectivity index is 3.48. The summed E-state index contributed by atoms with van der Waals surface area (Å²) in [5, 5.41) is 0. The van der Waals surface area contributed by atoms with E-state index in [-0.39, 0.29) is 0 Å². The van der Waals surface area contributed by atoms with Gasteiger partial charge in [-0.1, -0.05) is 19.1 Å². The van der Waals surface area contributed by atoms with Gasteiger partial charge in [-0.3, -0.25) is 0 Å². The van der Waals surface area contributed by atoms with Gasteiger partial charge in [-0.15, -0.1) is 0 Å². The molecule has 0 heterocycles. The third-order valence-electron chi connectivity index (χ3n) is 0.644. The highest BCUT2D eigenvalue weighted by molar-refractivity contribution is 4.83. The molecule has 0 saturated heterocycles. The zero-order valence-corrected chi connectivity index (χ0v) is 4.75. The zero-order chi connectivity index (χ0) is 6.41. The molecule has 0 bridgehead atoms. The molecular formula is C6H8F2. The van der Waals surface area contributed by atoms with Crippen LogP contribution in [0.2, 0.25) is 0 Å². The van der Waals surface area contributed by atoms with Gasteiger partial charge < -0.3 is 0 Å². The lowest BCUT2D eigenvalue weighted by Gasteiger charge is -1.74. The Morgan fingerprint density at radius 1 is 1.62 bits per heavy atom. The number of unbranched alkanes of at least 4 members (excludes halogenated alkanes) is 1. The molecule has 0 saturated carbocycles. The Kier molecular flexibility index (Phi) is 4.19. The smallest absolute Gasteiger partial charge is 0.164 e. The number of halogens is 2. The Labute approximate surface area is 47.5 Å². The molecule has 0 spiro atoms. The van der Waals surface area contributed by atoms with Crippen LogP contribution in [-0.4, -0.2) is 0 Å². The van der Waals surface area contributed by atoms with Gasteiger partial charge in [-0.2, -0.15) is 8.78 Å². The highest BCUT2D eigenvalue weighted by Gasteiger charge is 1.77. The number of hydrogen-bond donors (Lipinski definition) is 0. The van der Waals surface area contributed by atoms with Gasteiger partial charge in [0.05, 0.1) is 0 Å². The molecule has 0 aliphatic carbocycles. The molecule has 2 heteroatoms. The molecule has 0 fully saturated rings. The minimum absolute atomic E-state index is 0.678. The van der Waals surface area contributed by atoms with Crippen molar-refractivity contribution in [1.29, 1.82) is 0 Å². The van der Waals surface area contributed by atoms with Crippen LogP contribution in [0.4, 0.5) is 8.78 Å². The molecular weight excluding hydrogens is 110 g/mol. The summed E-state index contributed by atoms with van der Waals surface area (Å²) in [6.07, 6.45) is 1.17. The molecule has 0 N–H and O–H groups in total. The maximum Gasteiger partial charge on any atom is 0.312 e. The van der Waals surface area contributed by atoms with Gasteiger partial charge in [0.15, 0.2) is 0 Å². The van der Waals surface area contributed by atoms with Gasteiger partial charge in [0.25, 0.3) is 0 Å². The largest absolute Gasteiger partial charge is 0.312 e. The van der Waals surface area contributed by atoms with Crippen LogP contribution >= 0.6 is 0 Å². The second kappa shape index (κ2) is 4.54. The topological polar surface area (TPSA) is 0 Å². The molecule has 8 heavy (non-hydrogen) atoms. The van der Waals surface area contributed by atoms with Crippen molar-refractivity contribution in [2.45, 2.75) is 19.8 Å². The van der Waals surface area contributed by atoms with Crippen LogP contribution in [0.5, 0.6) is 0 Å². The van der Waals surface area contributed by atoms with Crippen LogP contribution in [-0.2, 0) is 0 Å². The molecule has 0 aliphatic rings. The molecule has 0 amide bonds. The molecule has 46 valence electrons. The summed E-state index contributed by atoms with van der Waals surface area (Å²) in [5.74, 6) is 0. The normalized spacial score (nSPS) is 7.88. The van der Waals surface area contributed by atoms with E-state index in [0.717, 1.165) is 6.42 Å². The van der Waals surface area contributed by atoms with Crippen molar-refractivity contribution in [3.05, 3.63) is 17.9 Å². The summed E-state index contributed by atoms with van der Waals surface area (Å²) in [6, 6.07) is 0. The third-order valence-corrected chi connectivity index (χ3v) is 0.644. The molecule has 0 nitrogen and oxygen atoms in total. The Bertz CT molecular complexity index is 106. The van der Waals surface area contributed by atoms with Gasteiger partial charge in [0.1, 0.15) is 0 Å². The summed E-state index contributed by atoms with van der Waals surface area (Å²) in [7, 11) is 0. The minimum Gasteiger partial charge on any atom is -0.164 e. The first kappa shape index (κ1) is 7.38. The first-order valence-corrected chi connectivity index (χ1v) is 2.53. The van der Waals surface area contributed by atoms with Crippen LogP contribution in [0.3, 0.4) is 0 Å². The number of allylic oxidation sites excluding steroid dienone is 1. The first-order chi connectivity index (χ1) is 3.77. The predicted octanol–water partition coefficient (Wildman–Crippen LogP) is 2.72. The molecule has 0 aliphatic heterocycles. The maximum absolute atomic E-state index is 11.1. The highest BCUT2D eigenvalue weighted by Crippen LogP contribution is 1.94. The van der Waals surface area contributed by atoms with Crippen molar-refractivity contribution in [3.63, 3.8) is 0 Å². The molecule has 0 aromatic heterocycles. The Morgan fingerprint density at radius 2 is 2.25 bits per heavy atom. The lowest BCUT2D eigenvalue weighted by atomic mass is 10.3. The van der Waals surface area contributed by atoms with Gasteiger partial charge in [-0.25, -0.2) is 0 Å². The zero-order valence-electron chi connectivity index (χ0n) is 4.75.